The average Bonchev–Trinajstić information content (AvgIpc) is 3.05. The third kappa shape index (κ3) is 2.64. The lowest BCUT2D eigenvalue weighted by Gasteiger charge is -2.09. The van der Waals surface area contributed by atoms with E-state index in [4.69, 9.17) is 4.42 Å². The normalized spacial score (nSPS) is 19.2. The van der Waals surface area contributed by atoms with Crippen LogP contribution in [0.2, 0.25) is 0 Å². The summed E-state index contributed by atoms with van der Waals surface area (Å²) in [5, 5.41) is 6.12. The van der Waals surface area contributed by atoms with Gasteiger partial charge in [0, 0.05) is 12.0 Å². The fourth-order valence-electron chi connectivity index (χ4n) is 2.07. The van der Waals surface area contributed by atoms with Gasteiger partial charge in [-0.3, -0.25) is 9.69 Å². The number of hydrogen-bond donors (Lipinski definition) is 0. The van der Waals surface area contributed by atoms with Gasteiger partial charge in [0.05, 0.1) is 6.54 Å². The van der Waals surface area contributed by atoms with Crippen LogP contribution in [0, 0.1) is 0 Å². The Morgan fingerprint density at radius 3 is 2.57 bits per heavy atom. The quantitative estimate of drug-likeness (QED) is 0.789. The summed E-state index contributed by atoms with van der Waals surface area (Å²) >= 11 is 0. The van der Waals surface area contributed by atoms with Gasteiger partial charge in [-0.1, -0.05) is 23.3 Å². The summed E-state index contributed by atoms with van der Waals surface area (Å²) in [6, 6.07) is 8.75. The van der Waals surface area contributed by atoms with Crippen LogP contribution in [-0.4, -0.2) is 36.3 Å². The predicted molar refractivity (Wildman–Crippen MR) is 70.5 cm³/mol. The maximum Gasteiger partial charge on any atom is 0.325 e. The van der Waals surface area contributed by atoms with Gasteiger partial charge in [-0.05, 0) is 12.1 Å². The Bertz CT molecular complexity index is 775. The van der Waals surface area contributed by atoms with Gasteiger partial charge in [-0.15, -0.1) is 8.98 Å². The molecule has 1 aliphatic heterocycles. The molecule has 1 saturated heterocycles. The summed E-state index contributed by atoms with van der Waals surface area (Å²) in [4.78, 5) is 12.7. The molecule has 7 nitrogen and oxygen atoms in total. The molecule has 0 saturated carbocycles. The van der Waals surface area contributed by atoms with Gasteiger partial charge in [-0.2, -0.15) is 8.42 Å². The Hall–Kier alpha value is -2.29. The molecule has 0 spiro atoms. The van der Waals surface area contributed by atoms with Crippen molar-refractivity contribution in [1.82, 2.24) is 10.2 Å². The van der Waals surface area contributed by atoms with Crippen molar-refractivity contribution < 1.29 is 21.5 Å². The largest absolute Gasteiger partial charge is 0.403 e. The first-order valence-electron chi connectivity index (χ1n) is 6.08. The van der Waals surface area contributed by atoms with Crippen LogP contribution in [-0.2, 0) is 15.0 Å². The highest BCUT2D eigenvalue weighted by atomic mass is 32.3. The second-order valence-corrected chi connectivity index (χ2v) is 6.18. The van der Waals surface area contributed by atoms with Crippen LogP contribution >= 0.6 is 0 Å². The first-order chi connectivity index (χ1) is 9.95. The number of carbonyl (C=O) groups excluding carboxylic acids is 1. The molecule has 110 valence electrons. The van der Waals surface area contributed by atoms with E-state index in [-0.39, 0.29) is 18.5 Å². The number of carbonyl (C=O) groups is 1. The number of anilines is 1. The van der Waals surface area contributed by atoms with E-state index in [1.54, 1.807) is 24.3 Å². The van der Waals surface area contributed by atoms with Crippen LogP contribution in [0.4, 0.5) is 9.90 Å². The number of hydrogen-bond acceptors (Lipinski definition) is 6. The van der Waals surface area contributed by atoms with E-state index in [9.17, 15) is 17.1 Å². The summed E-state index contributed by atoms with van der Waals surface area (Å²) in [5.41, 5.74) is 0.664. The molecule has 3 rings (SSSR count). The Labute approximate surface area is 119 Å². The molecule has 21 heavy (non-hydrogen) atoms. The van der Waals surface area contributed by atoms with E-state index >= 15 is 0 Å². The number of benzene rings is 1. The molecule has 1 fully saturated rings. The van der Waals surface area contributed by atoms with Crippen molar-refractivity contribution in [3.63, 3.8) is 0 Å². The van der Waals surface area contributed by atoms with Gasteiger partial charge < -0.3 is 4.42 Å². The number of aromatic nitrogens is 2. The molecule has 9 heteroatoms. The van der Waals surface area contributed by atoms with Crippen molar-refractivity contribution >= 4 is 22.1 Å². The van der Waals surface area contributed by atoms with Crippen LogP contribution in [0.3, 0.4) is 0 Å². The summed E-state index contributed by atoms with van der Waals surface area (Å²) in [6.07, 6.45) is -0.429. The number of nitrogens with zero attached hydrogens (tertiary/aromatic N) is 3. The number of halogens is 1. The van der Waals surface area contributed by atoms with Crippen molar-refractivity contribution in [2.24, 2.45) is 0 Å². The van der Waals surface area contributed by atoms with Gasteiger partial charge in [0.1, 0.15) is 5.25 Å². The minimum Gasteiger partial charge on any atom is -0.403 e. The lowest BCUT2D eigenvalue weighted by Crippen LogP contribution is -2.27. The predicted octanol–water partition coefficient (Wildman–Crippen LogP) is 1.14. The molecular formula is C12H10FN3O4S. The summed E-state index contributed by atoms with van der Waals surface area (Å²) < 4.78 is 40.0. The van der Waals surface area contributed by atoms with E-state index in [2.05, 4.69) is 10.2 Å². The minimum atomic E-state index is -4.77. The van der Waals surface area contributed by atoms with Crippen LogP contribution < -0.4 is 4.90 Å². The van der Waals surface area contributed by atoms with Crippen molar-refractivity contribution in [3.8, 4) is 11.5 Å². The number of rotatable bonds is 3. The third-order valence-corrected chi connectivity index (χ3v) is 4.27. The molecule has 0 bridgehead atoms. The lowest BCUT2D eigenvalue weighted by atomic mass is 10.2. The maximum absolute atomic E-state index is 13.0. The van der Waals surface area contributed by atoms with E-state index in [0.29, 0.717) is 5.56 Å². The maximum atomic E-state index is 13.0. The second-order valence-electron chi connectivity index (χ2n) is 4.56. The third-order valence-electron chi connectivity index (χ3n) is 3.15. The van der Waals surface area contributed by atoms with E-state index < -0.39 is 27.8 Å². The first-order valence-corrected chi connectivity index (χ1v) is 7.52. The molecule has 1 amide bonds. The summed E-state index contributed by atoms with van der Waals surface area (Å²) in [6.45, 7) is -0.325. The SMILES string of the molecule is O=C1CC(S(=O)(=O)F)CN1c1nnc(-c2ccccc2)o1. The van der Waals surface area contributed by atoms with Gasteiger partial charge in [-0.25, -0.2) is 0 Å². The molecule has 1 atom stereocenters. The monoisotopic (exact) mass is 311 g/mol. The average molecular weight is 311 g/mol. The van der Waals surface area contributed by atoms with Gasteiger partial charge in [0.25, 0.3) is 0 Å². The lowest BCUT2D eigenvalue weighted by molar-refractivity contribution is -0.117. The summed E-state index contributed by atoms with van der Waals surface area (Å²) in [7, 11) is -4.77. The van der Waals surface area contributed by atoms with Crippen LogP contribution in [0.25, 0.3) is 11.5 Å². The minimum absolute atomic E-state index is 0.134. The van der Waals surface area contributed by atoms with E-state index in [0.717, 1.165) is 4.90 Å². The highest BCUT2D eigenvalue weighted by Gasteiger charge is 2.41. The van der Waals surface area contributed by atoms with E-state index in [1.165, 1.54) is 0 Å². The molecular weight excluding hydrogens is 301 g/mol. The highest BCUT2D eigenvalue weighted by Crippen LogP contribution is 2.27. The van der Waals surface area contributed by atoms with Crippen LogP contribution in [0.1, 0.15) is 6.42 Å². The van der Waals surface area contributed by atoms with Crippen molar-refractivity contribution in [1.29, 1.82) is 0 Å². The first kappa shape index (κ1) is 13.7. The molecule has 1 unspecified atom stereocenters. The Morgan fingerprint density at radius 1 is 1.24 bits per heavy atom. The zero-order valence-electron chi connectivity index (χ0n) is 10.6. The smallest absolute Gasteiger partial charge is 0.325 e. The van der Waals surface area contributed by atoms with Crippen molar-refractivity contribution in [3.05, 3.63) is 30.3 Å². The topological polar surface area (TPSA) is 93.4 Å². The molecule has 0 radical (unpaired) electrons. The molecule has 2 heterocycles. The van der Waals surface area contributed by atoms with Crippen LogP contribution in [0.5, 0.6) is 0 Å². The van der Waals surface area contributed by atoms with E-state index in [1.807, 2.05) is 6.07 Å². The van der Waals surface area contributed by atoms with Gasteiger partial charge >= 0.3 is 16.2 Å². The van der Waals surface area contributed by atoms with Gasteiger partial charge in [0.2, 0.25) is 11.8 Å². The van der Waals surface area contributed by atoms with Gasteiger partial charge in [0.15, 0.2) is 0 Å². The fourth-order valence-corrected chi connectivity index (χ4v) is 2.74. The molecule has 1 aliphatic rings. The molecule has 1 aromatic carbocycles. The standard InChI is InChI=1S/C12H10FN3O4S/c13-21(18,19)9-6-10(17)16(7-9)12-15-14-11(20-12)8-4-2-1-3-5-8/h1-5,9H,6-7H2. The fraction of sp³-hybridized carbons (Fsp3) is 0.250. The second kappa shape index (κ2) is 4.92. The Morgan fingerprint density at radius 2 is 1.95 bits per heavy atom. The number of amides is 1. The van der Waals surface area contributed by atoms with Crippen molar-refractivity contribution in [2.75, 3.05) is 11.4 Å². The zero-order valence-corrected chi connectivity index (χ0v) is 11.5. The van der Waals surface area contributed by atoms with Crippen molar-refractivity contribution in [2.45, 2.75) is 11.7 Å². The Balaban J connectivity index is 1.86. The van der Waals surface area contributed by atoms with Crippen LogP contribution in [0.15, 0.2) is 34.7 Å². The molecule has 0 N–H and O–H groups in total. The molecule has 2 aromatic rings. The molecule has 1 aromatic heterocycles. The summed E-state index contributed by atoms with van der Waals surface area (Å²) in [5.74, 6) is -0.366. The highest BCUT2D eigenvalue weighted by molar-refractivity contribution is 7.87. The zero-order chi connectivity index (χ0) is 15.0. The Kier molecular flexibility index (Phi) is 3.20. The molecule has 0 aliphatic carbocycles.